The van der Waals surface area contributed by atoms with Gasteiger partial charge in [0, 0.05) is 5.56 Å². The minimum Gasteiger partial charge on any atom is -0.477 e. The van der Waals surface area contributed by atoms with Gasteiger partial charge >= 0.3 is 12.6 Å². The van der Waals surface area contributed by atoms with E-state index < -0.39 is 18.5 Å². The normalized spacial score (nSPS) is 10.4. The molecular formula is C13H9F2NO4S. The van der Waals surface area contributed by atoms with Crippen LogP contribution >= 0.6 is 11.3 Å². The third-order valence-electron chi connectivity index (χ3n) is 2.40. The molecule has 0 radical (unpaired) electrons. The number of anilines is 1. The standard InChI is InChI=1S/C13H9F2NO4S/c14-13(15)20-8-3-1-7(2-4-8)11(17)16-10-6-5-9(21-10)12(18)19/h1-6,13H,(H,16,17)(H,18,19). The SMILES string of the molecule is O=C(Nc1ccc(C(=O)O)s1)c1ccc(OC(F)F)cc1. The van der Waals surface area contributed by atoms with Crippen LogP contribution in [0.4, 0.5) is 13.8 Å². The van der Waals surface area contributed by atoms with E-state index in [1.54, 1.807) is 0 Å². The number of alkyl halides is 2. The second-order valence-electron chi connectivity index (χ2n) is 3.83. The molecule has 0 spiro atoms. The van der Waals surface area contributed by atoms with Gasteiger partial charge in [0.05, 0.1) is 5.00 Å². The highest BCUT2D eigenvalue weighted by Crippen LogP contribution is 2.23. The first-order valence-electron chi connectivity index (χ1n) is 5.65. The Hall–Kier alpha value is -2.48. The Morgan fingerprint density at radius 3 is 2.33 bits per heavy atom. The van der Waals surface area contributed by atoms with E-state index in [1.165, 1.54) is 36.4 Å². The number of carbonyl (C=O) groups excluding carboxylic acids is 1. The highest BCUT2D eigenvalue weighted by atomic mass is 32.1. The largest absolute Gasteiger partial charge is 0.477 e. The van der Waals surface area contributed by atoms with Crippen molar-refractivity contribution < 1.29 is 28.2 Å². The number of carboxylic acids is 1. The molecule has 5 nitrogen and oxygen atoms in total. The molecule has 0 unspecified atom stereocenters. The van der Waals surface area contributed by atoms with Crippen LogP contribution in [-0.4, -0.2) is 23.6 Å². The van der Waals surface area contributed by atoms with Crippen molar-refractivity contribution in [2.24, 2.45) is 0 Å². The van der Waals surface area contributed by atoms with Gasteiger partial charge in [0.15, 0.2) is 0 Å². The summed E-state index contributed by atoms with van der Waals surface area (Å²) in [6.07, 6.45) is 0. The van der Waals surface area contributed by atoms with Crippen molar-refractivity contribution in [3.05, 3.63) is 46.8 Å². The van der Waals surface area contributed by atoms with Crippen molar-refractivity contribution in [1.29, 1.82) is 0 Å². The number of amides is 1. The first kappa shape index (κ1) is 14.9. The van der Waals surface area contributed by atoms with Crippen molar-refractivity contribution in [3.8, 4) is 5.75 Å². The molecule has 0 aliphatic heterocycles. The third-order valence-corrected chi connectivity index (χ3v) is 3.38. The summed E-state index contributed by atoms with van der Waals surface area (Å²) >= 11 is 0.920. The maximum atomic E-state index is 12.0. The van der Waals surface area contributed by atoms with Crippen LogP contribution in [0.5, 0.6) is 5.75 Å². The third kappa shape index (κ3) is 3.99. The lowest BCUT2D eigenvalue weighted by molar-refractivity contribution is -0.0498. The average Bonchev–Trinajstić information content (AvgIpc) is 2.87. The van der Waals surface area contributed by atoms with Crippen LogP contribution < -0.4 is 10.1 Å². The number of nitrogens with one attached hydrogen (secondary N) is 1. The first-order chi connectivity index (χ1) is 9.95. The Bertz CT molecular complexity index is 654. The van der Waals surface area contributed by atoms with Crippen molar-refractivity contribution in [3.63, 3.8) is 0 Å². The summed E-state index contributed by atoms with van der Waals surface area (Å²) in [4.78, 5) is 22.7. The molecule has 0 saturated heterocycles. The molecule has 1 amide bonds. The Morgan fingerprint density at radius 1 is 1.14 bits per heavy atom. The minimum absolute atomic E-state index is 0.0502. The molecule has 2 rings (SSSR count). The van der Waals surface area contributed by atoms with Gasteiger partial charge in [-0.25, -0.2) is 4.79 Å². The Labute approximate surface area is 121 Å². The molecule has 0 aliphatic carbocycles. The highest BCUT2D eigenvalue weighted by molar-refractivity contribution is 7.18. The average molecular weight is 313 g/mol. The van der Waals surface area contributed by atoms with E-state index in [0.29, 0.717) is 5.00 Å². The lowest BCUT2D eigenvalue weighted by Gasteiger charge is -2.05. The summed E-state index contributed by atoms with van der Waals surface area (Å²) < 4.78 is 28.1. The lowest BCUT2D eigenvalue weighted by atomic mass is 10.2. The molecule has 2 N–H and O–H groups in total. The number of rotatable bonds is 5. The maximum Gasteiger partial charge on any atom is 0.387 e. The van der Waals surface area contributed by atoms with Crippen LogP contribution in [0.1, 0.15) is 20.0 Å². The highest BCUT2D eigenvalue weighted by Gasteiger charge is 2.11. The lowest BCUT2D eigenvalue weighted by Crippen LogP contribution is -2.11. The quantitative estimate of drug-likeness (QED) is 0.888. The van der Waals surface area contributed by atoms with Gasteiger partial charge in [-0.1, -0.05) is 0 Å². The number of benzene rings is 1. The number of thiophene rings is 1. The summed E-state index contributed by atoms with van der Waals surface area (Å²) in [6.45, 7) is -2.93. The monoisotopic (exact) mass is 313 g/mol. The van der Waals surface area contributed by atoms with Gasteiger partial charge in [0.25, 0.3) is 5.91 Å². The number of aromatic carboxylic acids is 1. The van der Waals surface area contributed by atoms with E-state index in [-0.39, 0.29) is 16.2 Å². The van der Waals surface area contributed by atoms with Crippen molar-refractivity contribution in [1.82, 2.24) is 0 Å². The zero-order valence-electron chi connectivity index (χ0n) is 10.4. The number of carboxylic acid groups (broad SMARTS) is 1. The van der Waals surface area contributed by atoms with Crippen LogP contribution in [0.25, 0.3) is 0 Å². The molecule has 0 saturated carbocycles. The molecule has 1 heterocycles. The predicted molar refractivity (Wildman–Crippen MR) is 72.3 cm³/mol. The summed E-state index contributed by atoms with van der Waals surface area (Å²) in [7, 11) is 0. The fourth-order valence-corrected chi connectivity index (χ4v) is 2.23. The number of hydrogen-bond acceptors (Lipinski definition) is 4. The maximum absolute atomic E-state index is 12.0. The second-order valence-corrected chi connectivity index (χ2v) is 4.91. The molecule has 21 heavy (non-hydrogen) atoms. The zero-order valence-corrected chi connectivity index (χ0v) is 11.2. The summed E-state index contributed by atoms with van der Waals surface area (Å²) in [5.41, 5.74) is 0.238. The van der Waals surface area contributed by atoms with Crippen LogP contribution in [0.15, 0.2) is 36.4 Å². The summed E-state index contributed by atoms with van der Waals surface area (Å²) in [6, 6.07) is 8.01. The van der Waals surface area contributed by atoms with E-state index in [0.717, 1.165) is 11.3 Å². The van der Waals surface area contributed by atoms with Crippen molar-refractivity contribution in [2.45, 2.75) is 6.61 Å². The topological polar surface area (TPSA) is 75.6 Å². The first-order valence-corrected chi connectivity index (χ1v) is 6.46. The molecule has 8 heteroatoms. The summed E-state index contributed by atoms with van der Waals surface area (Å²) in [5.74, 6) is -1.60. The fourth-order valence-electron chi connectivity index (χ4n) is 1.49. The van der Waals surface area contributed by atoms with E-state index in [1.807, 2.05) is 0 Å². The fraction of sp³-hybridized carbons (Fsp3) is 0.0769. The van der Waals surface area contributed by atoms with Crippen LogP contribution in [0.2, 0.25) is 0 Å². The molecular weight excluding hydrogens is 304 g/mol. The van der Waals surface area contributed by atoms with Gasteiger partial charge in [-0.05, 0) is 36.4 Å². The molecule has 0 fully saturated rings. The molecule has 110 valence electrons. The van der Waals surface area contributed by atoms with E-state index in [4.69, 9.17) is 5.11 Å². The van der Waals surface area contributed by atoms with Gasteiger partial charge in [0.1, 0.15) is 10.6 Å². The number of halogens is 2. The molecule has 0 aliphatic rings. The number of hydrogen-bond donors (Lipinski definition) is 2. The zero-order chi connectivity index (χ0) is 15.4. The minimum atomic E-state index is -2.93. The van der Waals surface area contributed by atoms with Gasteiger partial charge in [-0.3, -0.25) is 4.79 Å². The van der Waals surface area contributed by atoms with Crippen LogP contribution in [0.3, 0.4) is 0 Å². The Balaban J connectivity index is 2.04. The van der Waals surface area contributed by atoms with Gasteiger partial charge < -0.3 is 15.2 Å². The molecule has 2 aromatic rings. The van der Waals surface area contributed by atoms with Gasteiger partial charge in [0.2, 0.25) is 0 Å². The number of ether oxygens (including phenoxy) is 1. The molecule has 0 bridgehead atoms. The second kappa shape index (κ2) is 6.31. The molecule has 1 aromatic carbocycles. The Morgan fingerprint density at radius 2 is 1.81 bits per heavy atom. The molecule has 0 atom stereocenters. The van der Waals surface area contributed by atoms with Crippen molar-refractivity contribution >= 4 is 28.2 Å². The van der Waals surface area contributed by atoms with Crippen LogP contribution in [0, 0.1) is 0 Å². The predicted octanol–water partition coefficient (Wildman–Crippen LogP) is 3.30. The van der Waals surface area contributed by atoms with E-state index in [9.17, 15) is 18.4 Å². The number of carbonyl (C=O) groups is 2. The van der Waals surface area contributed by atoms with Gasteiger partial charge in [-0.2, -0.15) is 8.78 Å². The smallest absolute Gasteiger partial charge is 0.387 e. The van der Waals surface area contributed by atoms with E-state index >= 15 is 0 Å². The summed E-state index contributed by atoms with van der Waals surface area (Å²) in [5, 5.41) is 11.7. The van der Waals surface area contributed by atoms with Crippen molar-refractivity contribution in [2.75, 3.05) is 5.32 Å². The van der Waals surface area contributed by atoms with E-state index in [2.05, 4.69) is 10.1 Å². The van der Waals surface area contributed by atoms with Crippen LogP contribution in [-0.2, 0) is 0 Å². The van der Waals surface area contributed by atoms with Gasteiger partial charge in [-0.15, -0.1) is 11.3 Å². The Kier molecular flexibility index (Phi) is 4.49. The molecule has 1 aromatic heterocycles.